The van der Waals surface area contributed by atoms with Gasteiger partial charge < -0.3 is 14.9 Å². The van der Waals surface area contributed by atoms with E-state index >= 15 is 0 Å². The van der Waals surface area contributed by atoms with Crippen LogP contribution in [0.3, 0.4) is 0 Å². The van der Waals surface area contributed by atoms with Gasteiger partial charge in [-0.1, -0.05) is 34.5 Å². The van der Waals surface area contributed by atoms with Gasteiger partial charge in [-0.3, -0.25) is 0 Å². The lowest BCUT2D eigenvalue weighted by Gasteiger charge is -2.47. The third-order valence-corrected chi connectivity index (χ3v) is 7.51. The minimum atomic E-state index is -0.114. The fraction of sp³-hybridized carbons (Fsp3) is 0.522. The molecule has 0 amide bonds. The maximum absolute atomic E-state index is 9.25. The molecule has 2 aliphatic heterocycles. The maximum Gasteiger partial charge on any atom is 0.181 e. The second-order valence-corrected chi connectivity index (χ2v) is 9.82. The zero-order valence-electron chi connectivity index (χ0n) is 18.2. The van der Waals surface area contributed by atoms with Gasteiger partial charge in [-0.05, 0) is 68.0 Å². The summed E-state index contributed by atoms with van der Waals surface area (Å²) in [6.07, 6.45) is 2.50. The third-order valence-electron chi connectivity index (χ3n) is 6.94. The Balaban J connectivity index is 1.31. The number of hydrogen-bond acceptors (Lipinski definition) is 6. The van der Waals surface area contributed by atoms with Gasteiger partial charge in [0.25, 0.3) is 0 Å². The predicted octanol–water partition coefficient (Wildman–Crippen LogP) is 3.88. The second kappa shape index (κ2) is 9.14. The van der Waals surface area contributed by atoms with Gasteiger partial charge in [0.2, 0.25) is 0 Å². The van der Waals surface area contributed by atoms with Crippen LogP contribution in [0.4, 0.5) is 5.82 Å². The molecule has 2 fully saturated rings. The number of rotatable bonds is 6. The molecular formula is C23H28Cl2N6O. The summed E-state index contributed by atoms with van der Waals surface area (Å²) in [5, 5.41) is 19.1. The summed E-state index contributed by atoms with van der Waals surface area (Å²) in [6.45, 7) is 7.33. The number of anilines is 1. The number of fused-ring (bicyclic) bond motifs is 1. The van der Waals surface area contributed by atoms with Crippen LogP contribution in [0.1, 0.15) is 31.4 Å². The predicted molar refractivity (Wildman–Crippen MR) is 128 cm³/mol. The van der Waals surface area contributed by atoms with E-state index in [4.69, 9.17) is 28.2 Å². The molecule has 1 N–H and O–H groups in total. The highest BCUT2D eigenvalue weighted by molar-refractivity contribution is 6.35. The minimum Gasteiger partial charge on any atom is -0.395 e. The van der Waals surface area contributed by atoms with Crippen LogP contribution in [0.25, 0.3) is 11.2 Å². The SMILES string of the molecule is C[C@H](c1ccc(Cl)cc1Cl)n1nnc2ccc(N3CC([C@H]4CCCN(CCO)C4)C3)nc21. The molecule has 32 heavy (non-hydrogen) atoms. The van der Waals surface area contributed by atoms with Crippen molar-refractivity contribution in [2.75, 3.05) is 44.2 Å². The number of hydrogen-bond donors (Lipinski definition) is 1. The van der Waals surface area contributed by atoms with Crippen molar-refractivity contribution in [2.45, 2.75) is 25.8 Å². The number of aliphatic hydroxyl groups excluding tert-OH is 1. The molecule has 0 unspecified atom stereocenters. The standard InChI is InChI=1S/C23H28Cl2N6O/c1-15(19-5-4-18(24)11-20(19)25)31-23-21(27-28-31)6-7-22(26-23)30-13-17(14-30)16-3-2-8-29(12-16)9-10-32/h4-7,11,15-17,32H,2-3,8-10,12-14H2,1H3/t15-,16+/m1/s1. The van der Waals surface area contributed by atoms with Gasteiger partial charge in [0, 0.05) is 36.2 Å². The molecule has 170 valence electrons. The first-order chi connectivity index (χ1) is 15.5. The quantitative estimate of drug-likeness (QED) is 0.584. The van der Waals surface area contributed by atoms with Crippen molar-refractivity contribution in [1.82, 2.24) is 24.9 Å². The molecule has 0 aliphatic carbocycles. The van der Waals surface area contributed by atoms with Crippen LogP contribution in [0.15, 0.2) is 30.3 Å². The number of aromatic nitrogens is 4. The first kappa shape index (κ1) is 21.9. The molecule has 2 aromatic heterocycles. The van der Waals surface area contributed by atoms with Crippen molar-refractivity contribution < 1.29 is 5.11 Å². The Morgan fingerprint density at radius 2 is 1.97 bits per heavy atom. The number of halogens is 2. The summed E-state index contributed by atoms with van der Waals surface area (Å²) in [5.41, 5.74) is 2.47. The summed E-state index contributed by atoms with van der Waals surface area (Å²) in [6, 6.07) is 9.43. The van der Waals surface area contributed by atoms with Crippen molar-refractivity contribution in [3.8, 4) is 0 Å². The Morgan fingerprint density at radius 1 is 1.12 bits per heavy atom. The molecule has 0 bridgehead atoms. The zero-order chi connectivity index (χ0) is 22.2. The van der Waals surface area contributed by atoms with Gasteiger partial charge in [-0.25, -0.2) is 9.67 Å². The van der Waals surface area contributed by atoms with E-state index in [-0.39, 0.29) is 12.6 Å². The molecule has 0 radical (unpaired) electrons. The minimum absolute atomic E-state index is 0.114. The lowest BCUT2D eigenvalue weighted by molar-refractivity contribution is 0.102. The average molecular weight is 475 g/mol. The zero-order valence-corrected chi connectivity index (χ0v) is 19.7. The number of β-amino-alcohol motifs (C(OH)–C–C–N with tert-alkyl or cyclic N) is 1. The second-order valence-electron chi connectivity index (χ2n) is 8.98. The van der Waals surface area contributed by atoms with E-state index in [2.05, 4.69) is 20.1 Å². The van der Waals surface area contributed by atoms with Gasteiger partial charge in [0.05, 0.1) is 12.6 Å². The number of benzene rings is 1. The highest BCUT2D eigenvalue weighted by Crippen LogP contribution is 2.34. The molecule has 2 saturated heterocycles. The Bertz CT molecular complexity index is 1100. The molecule has 2 atom stereocenters. The Hall–Kier alpha value is -1.93. The Labute approximate surface area is 197 Å². The number of pyridine rings is 1. The van der Waals surface area contributed by atoms with Crippen LogP contribution in [-0.4, -0.2) is 69.3 Å². The van der Waals surface area contributed by atoms with Gasteiger partial charge in [0.1, 0.15) is 11.3 Å². The Morgan fingerprint density at radius 3 is 2.75 bits per heavy atom. The van der Waals surface area contributed by atoms with Gasteiger partial charge in [-0.15, -0.1) is 5.10 Å². The highest BCUT2D eigenvalue weighted by atomic mass is 35.5. The van der Waals surface area contributed by atoms with Crippen molar-refractivity contribution in [3.63, 3.8) is 0 Å². The monoisotopic (exact) mass is 474 g/mol. The Kier molecular flexibility index (Phi) is 6.25. The molecule has 5 rings (SSSR count). The number of piperidine rings is 1. The summed E-state index contributed by atoms with van der Waals surface area (Å²) in [5.74, 6) is 2.35. The summed E-state index contributed by atoms with van der Waals surface area (Å²) >= 11 is 12.5. The first-order valence-electron chi connectivity index (χ1n) is 11.3. The number of likely N-dealkylation sites (tertiary alicyclic amines) is 1. The van der Waals surface area contributed by atoms with Crippen molar-refractivity contribution in [2.24, 2.45) is 11.8 Å². The van der Waals surface area contributed by atoms with E-state index in [1.54, 1.807) is 6.07 Å². The van der Waals surface area contributed by atoms with Crippen LogP contribution in [0.2, 0.25) is 10.0 Å². The highest BCUT2D eigenvalue weighted by Gasteiger charge is 2.36. The normalized spacial score (nSPS) is 21.1. The molecule has 4 heterocycles. The largest absolute Gasteiger partial charge is 0.395 e. The van der Waals surface area contributed by atoms with Crippen LogP contribution < -0.4 is 4.90 Å². The molecule has 7 nitrogen and oxygen atoms in total. The van der Waals surface area contributed by atoms with E-state index in [1.165, 1.54) is 12.8 Å². The molecule has 9 heteroatoms. The fourth-order valence-electron chi connectivity index (χ4n) is 5.04. The van der Waals surface area contributed by atoms with Crippen molar-refractivity contribution in [1.29, 1.82) is 0 Å². The topological polar surface area (TPSA) is 70.3 Å². The van der Waals surface area contributed by atoms with Crippen LogP contribution in [0, 0.1) is 11.8 Å². The first-order valence-corrected chi connectivity index (χ1v) is 12.0. The van der Waals surface area contributed by atoms with Crippen molar-refractivity contribution >= 4 is 40.2 Å². The van der Waals surface area contributed by atoms with E-state index < -0.39 is 0 Å². The van der Waals surface area contributed by atoms with E-state index in [1.807, 2.05) is 35.9 Å². The summed E-state index contributed by atoms with van der Waals surface area (Å²) in [4.78, 5) is 9.66. The molecule has 2 aliphatic rings. The smallest absolute Gasteiger partial charge is 0.181 e. The number of nitrogens with zero attached hydrogens (tertiary/aromatic N) is 6. The van der Waals surface area contributed by atoms with E-state index in [0.29, 0.717) is 21.9 Å². The van der Waals surface area contributed by atoms with Crippen LogP contribution in [-0.2, 0) is 0 Å². The van der Waals surface area contributed by atoms with Gasteiger partial charge in [0.15, 0.2) is 5.65 Å². The van der Waals surface area contributed by atoms with Crippen LogP contribution in [0.5, 0.6) is 0 Å². The van der Waals surface area contributed by atoms with E-state index in [0.717, 1.165) is 55.3 Å². The summed E-state index contributed by atoms with van der Waals surface area (Å²) in [7, 11) is 0. The van der Waals surface area contributed by atoms with Gasteiger partial charge in [-0.2, -0.15) is 0 Å². The molecule has 0 spiro atoms. The fourth-order valence-corrected chi connectivity index (χ4v) is 5.61. The molecular weight excluding hydrogens is 447 g/mol. The maximum atomic E-state index is 9.25. The molecule has 1 aromatic carbocycles. The number of aliphatic hydroxyl groups is 1. The molecule has 3 aromatic rings. The van der Waals surface area contributed by atoms with Gasteiger partial charge >= 0.3 is 0 Å². The lowest BCUT2D eigenvalue weighted by Crippen LogP contribution is -2.54. The third kappa shape index (κ3) is 4.19. The van der Waals surface area contributed by atoms with Crippen molar-refractivity contribution in [3.05, 3.63) is 45.9 Å². The average Bonchev–Trinajstić information content (AvgIpc) is 3.16. The van der Waals surface area contributed by atoms with E-state index in [9.17, 15) is 5.11 Å². The lowest BCUT2D eigenvalue weighted by atomic mass is 9.80. The molecule has 0 saturated carbocycles. The van der Waals surface area contributed by atoms with Crippen LogP contribution >= 0.6 is 23.2 Å². The summed E-state index contributed by atoms with van der Waals surface area (Å²) < 4.78 is 1.83.